The number of nitrogens with zero attached hydrogens (tertiary/aromatic N) is 1. The molecule has 3 saturated heterocycles. The predicted octanol–water partition coefficient (Wildman–Crippen LogP) is 3.35. The summed E-state index contributed by atoms with van der Waals surface area (Å²) in [5.41, 5.74) is -2.05. The molecule has 8 N–H and O–H groups in total. The molecule has 0 aromatic heterocycles. The van der Waals surface area contributed by atoms with Gasteiger partial charge in [0.1, 0.15) is 17.8 Å². The summed E-state index contributed by atoms with van der Waals surface area (Å²) in [6.45, 7) is 12.2. The molecule has 0 aromatic rings. The van der Waals surface area contributed by atoms with Gasteiger partial charge in [-0.05, 0) is 97.2 Å². The molecule has 62 heavy (non-hydrogen) atoms. The van der Waals surface area contributed by atoms with Gasteiger partial charge in [0.2, 0.25) is 0 Å². The molecule has 0 amide bonds. The number of hydrogen-bond donors (Lipinski definition) is 8. The van der Waals surface area contributed by atoms with E-state index in [9.17, 15) is 45.6 Å². The van der Waals surface area contributed by atoms with Crippen molar-refractivity contribution in [3.05, 3.63) is 24.3 Å². The molecule has 15 nitrogen and oxygen atoms in total. The second-order valence-corrected chi connectivity index (χ2v) is 19.8. The Morgan fingerprint density at radius 1 is 0.935 bits per heavy atom. The maximum absolute atomic E-state index is 13.6. The van der Waals surface area contributed by atoms with Crippen LogP contribution in [0.25, 0.3) is 0 Å². The van der Waals surface area contributed by atoms with Crippen LogP contribution in [0.5, 0.6) is 0 Å². The summed E-state index contributed by atoms with van der Waals surface area (Å²) in [6, 6.07) is -0.304. The summed E-state index contributed by atoms with van der Waals surface area (Å²) >= 11 is 0. The zero-order chi connectivity index (χ0) is 46.1. The highest BCUT2D eigenvalue weighted by atomic mass is 16.7. The Kier molecular flexibility index (Phi) is 20.3. The molecule has 2 bridgehead atoms. The van der Waals surface area contributed by atoms with Crippen LogP contribution in [0.3, 0.4) is 0 Å². The molecule has 15 heteroatoms. The Balaban J connectivity index is 1.67. The maximum Gasteiger partial charge on any atom is 0.330 e. The third-order valence-corrected chi connectivity index (χ3v) is 14.2. The molecular weight excluding hydrogens is 803 g/mol. The Morgan fingerprint density at radius 3 is 2.29 bits per heavy atom. The van der Waals surface area contributed by atoms with E-state index >= 15 is 0 Å². The minimum Gasteiger partial charge on any atom is -0.459 e. The number of aliphatic hydroxyl groups is 8. The van der Waals surface area contributed by atoms with Crippen LogP contribution in [0.1, 0.15) is 126 Å². The lowest BCUT2D eigenvalue weighted by Gasteiger charge is -2.51. The lowest BCUT2D eigenvalue weighted by atomic mass is 9.80. The molecule has 4 heterocycles. The fraction of sp³-hybridized carbons (Fsp3) is 0.894. The topological polar surface area (TPSA) is 228 Å². The molecule has 4 rings (SSSR count). The first-order valence-corrected chi connectivity index (χ1v) is 23.4. The zero-order valence-corrected chi connectivity index (χ0v) is 38.9. The molecule has 20 atom stereocenters. The summed E-state index contributed by atoms with van der Waals surface area (Å²) in [5.74, 6) is -4.22. The molecule has 0 aromatic carbocycles. The summed E-state index contributed by atoms with van der Waals surface area (Å²) in [6.07, 6.45) is 1.07. The van der Waals surface area contributed by atoms with E-state index in [0.717, 1.165) is 25.0 Å². The molecule has 4 aliphatic heterocycles. The summed E-state index contributed by atoms with van der Waals surface area (Å²) in [5, 5.41) is 90.3. The number of carbonyl (C=O) groups excluding carboxylic acids is 1. The van der Waals surface area contributed by atoms with Gasteiger partial charge in [0.05, 0.1) is 61.0 Å². The molecule has 0 radical (unpaired) electrons. The Labute approximate surface area is 370 Å². The summed E-state index contributed by atoms with van der Waals surface area (Å²) < 4.78 is 32.0. The average molecular weight is 886 g/mol. The lowest BCUT2D eigenvalue weighted by molar-refractivity contribution is -0.342. The highest BCUT2D eigenvalue weighted by molar-refractivity contribution is 5.82. The van der Waals surface area contributed by atoms with Crippen molar-refractivity contribution in [1.82, 2.24) is 4.90 Å². The number of esters is 1. The number of likely N-dealkylation sites (N-methyl/N-ethyl adjacent to an activating group) is 1. The second kappa shape index (κ2) is 23.7. The lowest BCUT2D eigenvalue weighted by Crippen LogP contribution is -2.57. The molecule has 0 unspecified atom stereocenters. The highest BCUT2D eigenvalue weighted by Gasteiger charge is 2.51. The van der Waals surface area contributed by atoms with E-state index in [1.165, 1.54) is 13.8 Å². The van der Waals surface area contributed by atoms with E-state index in [1.807, 2.05) is 65.8 Å². The monoisotopic (exact) mass is 886 g/mol. The Bertz CT molecular complexity index is 1400. The van der Waals surface area contributed by atoms with Crippen LogP contribution in [-0.2, 0) is 28.5 Å². The normalized spacial score (nSPS) is 45.6. The minimum absolute atomic E-state index is 0.0477. The second-order valence-electron chi connectivity index (χ2n) is 19.8. The van der Waals surface area contributed by atoms with E-state index in [0.29, 0.717) is 44.9 Å². The molecule has 0 aliphatic carbocycles. The van der Waals surface area contributed by atoms with Gasteiger partial charge >= 0.3 is 5.97 Å². The van der Waals surface area contributed by atoms with E-state index in [2.05, 4.69) is 0 Å². The van der Waals surface area contributed by atoms with Crippen molar-refractivity contribution in [2.75, 3.05) is 20.7 Å². The van der Waals surface area contributed by atoms with Crippen molar-refractivity contribution in [3.63, 3.8) is 0 Å². The highest BCUT2D eigenvalue weighted by Crippen LogP contribution is 2.45. The third kappa shape index (κ3) is 14.2. The number of carbonyl (C=O) groups is 1. The van der Waals surface area contributed by atoms with E-state index in [-0.39, 0.29) is 55.8 Å². The quantitative estimate of drug-likeness (QED) is 0.123. The molecular formula is C47H83NO14. The molecule has 1 spiro atoms. The summed E-state index contributed by atoms with van der Waals surface area (Å²) in [7, 11) is 3.69. The van der Waals surface area contributed by atoms with Gasteiger partial charge in [-0.1, -0.05) is 46.8 Å². The number of ether oxygens (including phenoxy) is 5. The zero-order valence-electron chi connectivity index (χ0n) is 38.9. The van der Waals surface area contributed by atoms with Gasteiger partial charge in [-0.3, -0.25) is 0 Å². The van der Waals surface area contributed by atoms with Crippen LogP contribution in [0.2, 0.25) is 0 Å². The van der Waals surface area contributed by atoms with Gasteiger partial charge in [0.25, 0.3) is 0 Å². The van der Waals surface area contributed by atoms with Crippen molar-refractivity contribution >= 4 is 5.97 Å². The number of hydrogen-bond acceptors (Lipinski definition) is 15. The van der Waals surface area contributed by atoms with Crippen LogP contribution < -0.4 is 0 Å². The van der Waals surface area contributed by atoms with Gasteiger partial charge in [0, 0.05) is 56.1 Å². The first-order valence-electron chi connectivity index (χ1n) is 23.4. The fourth-order valence-electron chi connectivity index (χ4n) is 10.1. The summed E-state index contributed by atoms with van der Waals surface area (Å²) in [4.78, 5) is 15.5. The first kappa shape index (κ1) is 53.0. The number of allylic oxidation sites excluding steroid dienone is 1. The maximum atomic E-state index is 13.6. The van der Waals surface area contributed by atoms with Crippen molar-refractivity contribution in [1.29, 1.82) is 0 Å². The van der Waals surface area contributed by atoms with Crippen molar-refractivity contribution in [2.24, 2.45) is 29.6 Å². The molecule has 0 saturated carbocycles. The Morgan fingerprint density at radius 2 is 1.65 bits per heavy atom. The Hall–Kier alpha value is -1.57. The van der Waals surface area contributed by atoms with Crippen LogP contribution in [-0.4, -0.2) is 163 Å². The SMILES string of the molecule is CC[C@H](O)C[C@H]1CCC[C@@]2(C[C@H]3OC(=O)/C=C/[C@@](C)(O)[C@@H](O)[C@H](C)[C@@H](O)[C@H](O[C@@H]4C[C@H](O)[C@@H](N(C)C)[C@@H](C)O4)[C@@H](O)[C@@H](C)CCC/C=C/[C@H](C[C@H](C)CO)[C@@H](O)C[C@@H](O2)[C@@H]3C)O1. The van der Waals surface area contributed by atoms with Gasteiger partial charge in [-0.25, -0.2) is 4.79 Å². The predicted molar refractivity (Wildman–Crippen MR) is 232 cm³/mol. The van der Waals surface area contributed by atoms with Gasteiger partial charge in [-0.2, -0.15) is 0 Å². The standard InChI is InChI=1S/C47H83NO14/c1-10-33(50)22-34-17-14-19-47(61-34)25-38-29(4)37(62-47)23-35(51)32(21-27(2)26-49)16-13-11-12-15-28(3)42(54)44(60-40-24-36(52)41(48(8)9)31(6)58-40)43(55)30(5)45(56)46(7,57)20-18-39(53)59-38/h13,16,18,20,27-38,40-45,49-52,54-57H,10-12,14-15,17,19,21-26H2,1-9H3/b16-13+,20-18+/t27-,28-,29-,30+,31+,32+,33-,34+,35-,36-,37+,38+,40+,41-,42-,43+,44+,45-,46+,47+/m0/s1. The van der Waals surface area contributed by atoms with Crippen molar-refractivity contribution < 1.29 is 69.3 Å². The van der Waals surface area contributed by atoms with Gasteiger partial charge in [0.15, 0.2) is 12.1 Å². The van der Waals surface area contributed by atoms with Crippen molar-refractivity contribution in [3.8, 4) is 0 Å². The first-order chi connectivity index (χ1) is 29.1. The van der Waals surface area contributed by atoms with Gasteiger partial charge < -0.3 is 69.4 Å². The molecule has 3 fully saturated rings. The van der Waals surface area contributed by atoms with Gasteiger partial charge in [-0.15, -0.1) is 0 Å². The largest absolute Gasteiger partial charge is 0.459 e. The minimum atomic E-state index is -2.05. The van der Waals surface area contributed by atoms with Crippen LogP contribution >= 0.6 is 0 Å². The smallest absolute Gasteiger partial charge is 0.330 e. The van der Waals surface area contributed by atoms with Crippen LogP contribution in [0.15, 0.2) is 24.3 Å². The van der Waals surface area contributed by atoms with Crippen LogP contribution in [0, 0.1) is 29.6 Å². The third-order valence-electron chi connectivity index (χ3n) is 14.2. The fourth-order valence-corrected chi connectivity index (χ4v) is 10.1. The van der Waals surface area contributed by atoms with E-state index in [4.69, 9.17) is 23.7 Å². The van der Waals surface area contributed by atoms with Crippen LogP contribution in [0.4, 0.5) is 0 Å². The van der Waals surface area contributed by atoms with E-state index in [1.54, 1.807) is 0 Å². The van der Waals surface area contributed by atoms with E-state index < -0.39 is 96.5 Å². The number of rotatable bonds is 9. The van der Waals surface area contributed by atoms with Crippen molar-refractivity contribution in [2.45, 2.75) is 216 Å². The molecule has 4 aliphatic rings. The molecule has 360 valence electrons. The average Bonchev–Trinajstić information content (AvgIpc) is 3.21. The number of aliphatic hydroxyl groups excluding tert-OH is 7. The number of fused-ring (bicyclic) bond motifs is 2.